The second-order valence-corrected chi connectivity index (χ2v) is 8.46. The Bertz CT molecular complexity index is 1280. The van der Waals surface area contributed by atoms with Crippen molar-refractivity contribution in [2.75, 3.05) is 13.7 Å². The van der Waals surface area contributed by atoms with Crippen molar-refractivity contribution in [2.45, 2.75) is 19.6 Å². The summed E-state index contributed by atoms with van der Waals surface area (Å²) in [6, 6.07) is 14.2. The van der Waals surface area contributed by atoms with E-state index in [0.29, 0.717) is 19.0 Å². The first-order valence-corrected chi connectivity index (χ1v) is 11.1. The van der Waals surface area contributed by atoms with Gasteiger partial charge in [0.1, 0.15) is 11.9 Å². The van der Waals surface area contributed by atoms with E-state index >= 15 is 0 Å². The molecule has 0 N–H and O–H groups in total. The molecule has 5 rings (SSSR count). The van der Waals surface area contributed by atoms with E-state index in [-0.39, 0.29) is 6.10 Å². The van der Waals surface area contributed by atoms with Crippen molar-refractivity contribution in [3.63, 3.8) is 0 Å². The number of hydrogen-bond acceptors (Lipinski definition) is 5. The normalized spacial score (nSPS) is 15.8. The van der Waals surface area contributed by atoms with Crippen LogP contribution in [0.1, 0.15) is 34.6 Å². The first-order chi connectivity index (χ1) is 15.6. The van der Waals surface area contributed by atoms with Crippen LogP contribution < -0.4 is 4.74 Å². The van der Waals surface area contributed by atoms with E-state index in [2.05, 4.69) is 26.0 Å². The lowest BCUT2D eigenvalue weighted by molar-refractivity contribution is 0.0389. The topological polar surface area (TPSA) is 67.0 Å². The molecule has 4 aromatic rings. The van der Waals surface area contributed by atoms with Gasteiger partial charge in [-0.15, -0.1) is 0 Å². The molecule has 0 saturated carbocycles. The Morgan fingerprint density at radius 2 is 2.00 bits per heavy atom. The van der Waals surface area contributed by atoms with Gasteiger partial charge in [-0.2, -0.15) is 5.10 Å². The van der Waals surface area contributed by atoms with Crippen LogP contribution in [0.3, 0.4) is 0 Å². The highest BCUT2D eigenvalue weighted by molar-refractivity contribution is 9.10. The van der Waals surface area contributed by atoms with Crippen LogP contribution in [0.2, 0.25) is 0 Å². The van der Waals surface area contributed by atoms with Crippen LogP contribution in [0.5, 0.6) is 5.75 Å². The van der Waals surface area contributed by atoms with Gasteiger partial charge in [-0.1, -0.05) is 40.2 Å². The van der Waals surface area contributed by atoms with Crippen LogP contribution in [0.15, 0.2) is 59.5 Å². The van der Waals surface area contributed by atoms with Gasteiger partial charge in [-0.05, 0) is 48.4 Å². The maximum atomic E-state index is 6.01. The van der Waals surface area contributed by atoms with Crippen molar-refractivity contribution in [3.8, 4) is 11.4 Å². The van der Waals surface area contributed by atoms with Crippen LogP contribution in [-0.4, -0.2) is 38.0 Å². The zero-order valence-electron chi connectivity index (χ0n) is 17.8. The van der Waals surface area contributed by atoms with Gasteiger partial charge in [0, 0.05) is 10.7 Å². The minimum absolute atomic E-state index is 0.218. The molecule has 1 aliphatic rings. The molecule has 0 amide bonds. The molecule has 0 radical (unpaired) electrons. The summed E-state index contributed by atoms with van der Waals surface area (Å²) in [4.78, 5) is 9.03. The average molecular weight is 492 g/mol. The van der Waals surface area contributed by atoms with Crippen molar-refractivity contribution >= 4 is 28.1 Å². The van der Waals surface area contributed by atoms with Gasteiger partial charge in [0.25, 0.3) is 0 Å². The van der Waals surface area contributed by atoms with Gasteiger partial charge in [0.2, 0.25) is 0 Å². The lowest BCUT2D eigenvalue weighted by Gasteiger charge is -2.23. The third kappa shape index (κ3) is 4.11. The fourth-order valence-corrected chi connectivity index (χ4v) is 4.02. The fraction of sp³-hybridized carbons (Fsp3) is 0.208. The molecule has 0 bridgehead atoms. The standard InChI is InChI=1S/C24H22BrN5O2/c1-16-14-29(15-26-16)20-9-3-17(13-21(20)31-2)4-10-22-27-24-23(32-12-11-30(24)28-22)18-5-7-19(25)8-6-18/h3-10,13-15,23H,11-12H2,1-2H3/t23-/m0/s1. The van der Waals surface area contributed by atoms with Crippen molar-refractivity contribution in [1.82, 2.24) is 24.3 Å². The number of aryl methyl sites for hydroxylation is 1. The van der Waals surface area contributed by atoms with Crippen LogP contribution in [0.4, 0.5) is 0 Å². The van der Waals surface area contributed by atoms with E-state index in [4.69, 9.17) is 14.5 Å². The Morgan fingerprint density at radius 3 is 2.75 bits per heavy atom. The fourth-order valence-electron chi connectivity index (χ4n) is 3.75. The van der Waals surface area contributed by atoms with Gasteiger partial charge in [-0.25, -0.2) is 14.6 Å². The summed E-state index contributed by atoms with van der Waals surface area (Å²) in [5.41, 5.74) is 3.95. The monoisotopic (exact) mass is 491 g/mol. The SMILES string of the molecule is COc1cc(C=Cc2nc3n(n2)CCO[C@H]3c2ccc(Br)cc2)ccc1-n1cnc(C)c1. The molecular formula is C24H22BrN5O2. The van der Waals surface area contributed by atoms with Crippen LogP contribution >= 0.6 is 15.9 Å². The van der Waals surface area contributed by atoms with Gasteiger partial charge >= 0.3 is 0 Å². The Labute approximate surface area is 194 Å². The largest absolute Gasteiger partial charge is 0.495 e. The molecule has 162 valence electrons. The Balaban J connectivity index is 1.40. The molecule has 0 unspecified atom stereocenters. The highest BCUT2D eigenvalue weighted by Crippen LogP contribution is 2.29. The number of imidazole rings is 1. The highest BCUT2D eigenvalue weighted by Gasteiger charge is 2.26. The van der Waals surface area contributed by atoms with Crippen LogP contribution in [-0.2, 0) is 11.3 Å². The van der Waals surface area contributed by atoms with Crippen LogP contribution in [0, 0.1) is 6.92 Å². The summed E-state index contributed by atoms with van der Waals surface area (Å²) in [7, 11) is 1.67. The molecule has 0 spiro atoms. The summed E-state index contributed by atoms with van der Waals surface area (Å²) in [5.74, 6) is 2.24. The summed E-state index contributed by atoms with van der Waals surface area (Å²) in [6.07, 6.45) is 7.44. The first-order valence-electron chi connectivity index (χ1n) is 10.3. The Hall–Kier alpha value is -3.23. The van der Waals surface area contributed by atoms with Crippen LogP contribution in [0.25, 0.3) is 17.8 Å². The number of fused-ring (bicyclic) bond motifs is 1. The van der Waals surface area contributed by atoms with Crippen molar-refractivity contribution in [2.24, 2.45) is 0 Å². The molecule has 1 atom stereocenters. The molecule has 32 heavy (non-hydrogen) atoms. The maximum absolute atomic E-state index is 6.01. The van der Waals surface area contributed by atoms with E-state index in [1.807, 2.05) is 77.0 Å². The molecule has 0 fully saturated rings. The first kappa shape index (κ1) is 20.7. The van der Waals surface area contributed by atoms with Crippen molar-refractivity contribution < 1.29 is 9.47 Å². The quantitative estimate of drug-likeness (QED) is 0.399. The number of ether oxygens (including phenoxy) is 2. The molecule has 7 nitrogen and oxygen atoms in total. The number of methoxy groups -OCH3 is 1. The zero-order valence-corrected chi connectivity index (χ0v) is 19.4. The molecule has 1 aliphatic heterocycles. The lowest BCUT2D eigenvalue weighted by Crippen LogP contribution is -2.23. The maximum Gasteiger partial charge on any atom is 0.174 e. The number of benzene rings is 2. The smallest absolute Gasteiger partial charge is 0.174 e. The van der Waals surface area contributed by atoms with Gasteiger partial charge in [-0.3, -0.25) is 0 Å². The minimum Gasteiger partial charge on any atom is -0.495 e. The van der Waals surface area contributed by atoms with E-state index in [9.17, 15) is 0 Å². The molecule has 3 heterocycles. The number of aromatic nitrogens is 5. The summed E-state index contributed by atoms with van der Waals surface area (Å²) in [5, 5.41) is 4.66. The van der Waals surface area contributed by atoms with Crippen molar-refractivity contribution in [3.05, 3.63) is 87.9 Å². The second kappa shape index (κ2) is 8.72. The summed E-state index contributed by atoms with van der Waals surface area (Å²) >= 11 is 3.48. The summed E-state index contributed by atoms with van der Waals surface area (Å²) in [6.45, 7) is 3.26. The van der Waals surface area contributed by atoms with E-state index in [0.717, 1.165) is 38.6 Å². The number of hydrogen-bond donors (Lipinski definition) is 0. The van der Waals surface area contributed by atoms with Crippen molar-refractivity contribution in [1.29, 1.82) is 0 Å². The summed E-state index contributed by atoms with van der Waals surface area (Å²) < 4.78 is 16.5. The van der Waals surface area contributed by atoms with E-state index in [1.54, 1.807) is 13.4 Å². The zero-order chi connectivity index (χ0) is 22.1. The molecule has 2 aromatic heterocycles. The highest BCUT2D eigenvalue weighted by atomic mass is 79.9. The number of rotatable bonds is 5. The third-order valence-corrected chi connectivity index (χ3v) is 5.86. The molecular weight excluding hydrogens is 470 g/mol. The second-order valence-electron chi connectivity index (χ2n) is 7.54. The molecule has 0 saturated heterocycles. The predicted molar refractivity (Wildman–Crippen MR) is 126 cm³/mol. The van der Waals surface area contributed by atoms with Gasteiger partial charge < -0.3 is 14.0 Å². The molecule has 0 aliphatic carbocycles. The average Bonchev–Trinajstić information content (AvgIpc) is 3.43. The number of halogens is 1. The lowest BCUT2D eigenvalue weighted by atomic mass is 10.1. The van der Waals surface area contributed by atoms with Gasteiger partial charge in [0.15, 0.2) is 11.6 Å². The number of nitrogens with zero attached hydrogens (tertiary/aromatic N) is 5. The Morgan fingerprint density at radius 1 is 1.16 bits per heavy atom. The predicted octanol–water partition coefficient (Wildman–Crippen LogP) is 4.83. The Kier molecular flexibility index (Phi) is 5.63. The van der Waals surface area contributed by atoms with Gasteiger partial charge in [0.05, 0.1) is 38.0 Å². The van der Waals surface area contributed by atoms with E-state index < -0.39 is 0 Å². The third-order valence-electron chi connectivity index (χ3n) is 5.33. The minimum atomic E-state index is -0.218. The molecule has 2 aromatic carbocycles. The van der Waals surface area contributed by atoms with E-state index in [1.165, 1.54) is 0 Å². The molecule has 8 heteroatoms.